The van der Waals surface area contributed by atoms with E-state index in [4.69, 9.17) is 23.2 Å². The average molecular weight is 393 g/mol. The van der Waals surface area contributed by atoms with Gasteiger partial charge in [0.1, 0.15) is 5.82 Å². The van der Waals surface area contributed by atoms with E-state index in [2.05, 4.69) is 15.6 Å². The molecule has 2 aromatic rings. The highest BCUT2D eigenvalue weighted by molar-refractivity contribution is 6.42. The van der Waals surface area contributed by atoms with E-state index in [1.165, 1.54) is 0 Å². The van der Waals surface area contributed by atoms with Crippen molar-refractivity contribution < 1.29 is 4.79 Å². The Morgan fingerprint density at radius 2 is 2.00 bits per heavy atom. The Kier molecular flexibility index (Phi) is 6.35. The number of nitrogens with zero attached hydrogens (tertiary/aromatic N) is 2. The van der Waals surface area contributed by atoms with Crippen LogP contribution in [0.5, 0.6) is 0 Å². The molecule has 0 atom stereocenters. The molecule has 0 spiro atoms. The number of pyridine rings is 1. The highest BCUT2D eigenvalue weighted by atomic mass is 35.5. The summed E-state index contributed by atoms with van der Waals surface area (Å²) in [5, 5.41) is 7.33. The Bertz CT molecular complexity index is 776. The van der Waals surface area contributed by atoms with Gasteiger partial charge in [0.2, 0.25) is 0 Å². The van der Waals surface area contributed by atoms with Crippen LogP contribution in [-0.4, -0.2) is 42.5 Å². The summed E-state index contributed by atoms with van der Waals surface area (Å²) < 4.78 is 0. The lowest BCUT2D eigenvalue weighted by molar-refractivity contribution is 0.0691. The van der Waals surface area contributed by atoms with Crippen LogP contribution in [0.25, 0.3) is 0 Å². The molecule has 1 aliphatic heterocycles. The Morgan fingerprint density at radius 3 is 2.69 bits per heavy atom. The summed E-state index contributed by atoms with van der Waals surface area (Å²) in [5.74, 6) is 1.16. The van der Waals surface area contributed by atoms with Gasteiger partial charge in [-0.25, -0.2) is 4.98 Å². The third kappa shape index (κ3) is 4.47. The van der Waals surface area contributed by atoms with Gasteiger partial charge in [0.15, 0.2) is 0 Å². The summed E-state index contributed by atoms with van der Waals surface area (Å²) in [7, 11) is 1.97. The van der Waals surface area contributed by atoms with Crippen LogP contribution in [0, 0.1) is 5.92 Å². The minimum Gasteiger partial charge on any atom is -0.340 e. The summed E-state index contributed by atoms with van der Waals surface area (Å²) in [6.07, 6.45) is 3.70. The molecule has 1 aromatic carbocycles. The molecule has 5 nitrogen and oxygen atoms in total. The zero-order valence-electron chi connectivity index (χ0n) is 14.6. The normalized spacial score (nSPS) is 15.1. The Labute approximate surface area is 163 Å². The van der Waals surface area contributed by atoms with Gasteiger partial charge in [-0.15, -0.1) is 0 Å². The highest BCUT2D eigenvalue weighted by Gasteiger charge is 2.25. The van der Waals surface area contributed by atoms with Gasteiger partial charge >= 0.3 is 0 Å². The summed E-state index contributed by atoms with van der Waals surface area (Å²) in [4.78, 5) is 19.2. The molecule has 2 N–H and O–H groups in total. The second kappa shape index (κ2) is 8.71. The molecule has 26 heavy (non-hydrogen) atoms. The molecule has 0 radical (unpaired) electrons. The van der Waals surface area contributed by atoms with Gasteiger partial charge in [0.25, 0.3) is 5.91 Å². The Balaban J connectivity index is 1.74. The average Bonchev–Trinajstić information content (AvgIpc) is 2.66. The predicted molar refractivity (Wildman–Crippen MR) is 107 cm³/mol. The van der Waals surface area contributed by atoms with Crippen LogP contribution >= 0.6 is 23.2 Å². The number of halogens is 2. The van der Waals surface area contributed by atoms with Crippen LogP contribution in [0.1, 0.15) is 23.2 Å². The first-order valence-electron chi connectivity index (χ1n) is 8.69. The van der Waals surface area contributed by atoms with Crippen LogP contribution < -0.4 is 10.6 Å². The first-order valence-corrected chi connectivity index (χ1v) is 9.45. The van der Waals surface area contributed by atoms with Crippen molar-refractivity contribution in [3.63, 3.8) is 0 Å². The van der Waals surface area contributed by atoms with Gasteiger partial charge in [0.05, 0.1) is 15.6 Å². The first kappa shape index (κ1) is 19.0. The fourth-order valence-corrected chi connectivity index (χ4v) is 3.49. The van der Waals surface area contributed by atoms with Crippen molar-refractivity contribution in [3.05, 3.63) is 52.1 Å². The molecule has 0 aliphatic carbocycles. The van der Waals surface area contributed by atoms with Crippen molar-refractivity contribution in [2.75, 3.05) is 32.0 Å². The number of anilines is 2. The molecule has 1 amide bonds. The lowest BCUT2D eigenvalue weighted by Gasteiger charge is -2.32. The third-order valence-corrected chi connectivity index (χ3v) is 5.35. The number of benzene rings is 1. The van der Waals surface area contributed by atoms with Gasteiger partial charge in [0, 0.05) is 25.0 Å². The molecular weight excluding hydrogens is 371 g/mol. The maximum absolute atomic E-state index is 13.0. The standard InChI is InChI=1S/C19H22Cl2N4O/c1-22-12-13-6-9-25(10-7-13)19(26)15-3-2-8-23-18(15)24-14-4-5-16(20)17(21)11-14/h2-5,8,11,13,22H,6-7,9-10,12H2,1H3,(H,23,24). The van der Waals surface area contributed by atoms with Crippen LogP contribution in [0.3, 0.4) is 0 Å². The van der Waals surface area contributed by atoms with Gasteiger partial charge in [-0.2, -0.15) is 0 Å². The molecule has 0 bridgehead atoms. The highest BCUT2D eigenvalue weighted by Crippen LogP contribution is 2.28. The van der Waals surface area contributed by atoms with E-state index in [0.29, 0.717) is 27.3 Å². The summed E-state index contributed by atoms with van der Waals surface area (Å²) in [6.45, 7) is 2.54. The van der Waals surface area contributed by atoms with E-state index in [1.807, 2.05) is 11.9 Å². The van der Waals surface area contributed by atoms with Crippen molar-refractivity contribution >= 4 is 40.6 Å². The zero-order valence-corrected chi connectivity index (χ0v) is 16.1. The minimum absolute atomic E-state index is 0.00330. The molecular formula is C19H22Cl2N4O. The number of rotatable bonds is 5. The monoisotopic (exact) mass is 392 g/mol. The quantitative estimate of drug-likeness (QED) is 0.800. The van der Waals surface area contributed by atoms with Crippen molar-refractivity contribution in [3.8, 4) is 0 Å². The van der Waals surface area contributed by atoms with E-state index < -0.39 is 0 Å². The van der Waals surface area contributed by atoms with Crippen molar-refractivity contribution in [1.82, 2.24) is 15.2 Å². The second-order valence-corrected chi connectivity index (χ2v) is 7.26. The molecule has 2 heterocycles. The third-order valence-electron chi connectivity index (χ3n) is 4.62. The van der Waals surface area contributed by atoms with Gasteiger partial charge in [-0.05, 0) is 62.7 Å². The molecule has 0 unspecified atom stereocenters. The van der Waals surface area contributed by atoms with Crippen molar-refractivity contribution in [2.45, 2.75) is 12.8 Å². The SMILES string of the molecule is CNCC1CCN(C(=O)c2cccnc2Nc2ccc(Cl)c(Cl)c2)CC1. The smallest absolute Gasteiger partial charge is 0.257 e. The topological polar surface area (TPSA) is 57.3 Å². The number of likely N-dealkylation sites (tertiary alicyclic amines) is 1. The number of aromatic nitrogens is 1. The van der Waals surface area contributed by atoms with Crippen LogP contribution in [-0.2, 0) is 0 Å². The number of hydrogen-bond acceptors (Lipinski definition) is 4. The van der Waals surface area contributed by atoms with Gasteiger partial charge in [-0.3, -0.25) is 4.79 Å². The van der Waals surface area contributed by atoms with E-state index >= 15 is 0 Å². The summed E-state index contributed by atoms with van der Waals surface area (Å²) in [6, 6.07) is 8.82. The number of nitrogens with one attached hydrogen (secondary N) is 2. The maximum Gasteiger partial charge on any atom is 0.257 e. The predicted octanol–water partition coefficient (Wildman–Crippen LogP) is 4.20. The van der Waals surface area contributed by atoms with E-state index in [0.717, 1.165) is 38.2 Å². The van der Waals surface area contributed by atoms with Crippen molar-refractivity contribution in [2.24, 2.45) is 5.92 Å². The van der Waals surface area contributed by atoms with E-state index in [9.17, 15) is 4.79 Å². The molecule has 7 heteroatoms. The first-order chi connectivity index (χ1) is 12.6. The second-order valence-electron chi connectivity index (χ2n) is 6.45. The fourth-order valence-electron chi connectivity index (χ4n) is 3.19. The van der Waals surface area contributed by atoms with E-state index in [1.54, 1.807) is 36.5 Å². The number of carbonyl (C=O) groups excluding carboxylic acids is 1. The van der Waals surface area contributed by atoms with Crippen LogP contribution in [0.4, 0.5) is 11.5 Å². The molecule has 1 aliphatic rings. The van der Waals surface area contributed by atoms with Crippen molar-refractivity contribution in [1.29, 1.82) is 0 Å². The number of hydrogen-bond donors (Lipinski definition) is 2. The number of carbonyl (C=O) groups is 1. The largest absolute Gasteiger partial charge is 0.340 e. The molecule has 1 saturated heterocycles. The van der Waals surface area contributed by atoms with Crippen LogP contribution in [0.15, 0.2) is 36.5 Å². The molecule has 138 valence electrons. The minimum atomic E-state index is 0.00330. The maximum atomic E-state index is 13.0. The Hall–Kier alpha value is -1.82. The zero-order chi connectivity index (χ0) is 18.5. The van der Waals surface area contributed by atoms with Gasteiger partial charge < -0.3 is 15.5 Å². The van der Waals surface area contributed by atoms with E-state index in [-0.39, 0.29) is 5.91 Å². The molecule has 1 aromatic heterocycles. The lowest BCUT2D eigenvalue weighted by atomic mass is 9.96. The van der Waals surface area contributed by atoms with Crippen LogP contribution in [0.2, 0.25) is 10.0 Å². The molecule has 3 rings (SSSR count). The summed E-state index contributed by atoms with van der Waals surface area (Å²) in [5.41, 5.74) is 1.30. The molecule has 1 fully saturated rings. The molecule has 0 saturated carbocycles. The fraction of sp³-hybridized carbons (Fsp3) is 0.368. The summed E-state index contributed by atoms with van der Waals surface area (Å²) >= 11 is 12.0. The van der Waals surface area contributed by atoms with Gasteiger partial charge in [-0.1, -0.05) is 23.2 Å². The number of piperidine rings is 1. The lowest BCUT2D eigenvalue weighted by Crippen LogP contribution is -2.40. The number of amides is 1. The Morgan fingerprint density at radius 1 is 1.23 bits per heavy atom.